The SMILES string of the molecule is CCOC(=O)[C@@H]1[C@H]2C[C@@H]3[C@H](Br)[C@H]2OC(=O)[C@@H]31. The maximum Gasteiger partial charge on any atom is 0.310 e. The Labute approximate surface area is 102 Å². The van der Waals surface area contributed by atoms with Crippen molar-refractivity contribution >= 4 is 27.9 Å². The minimum absolute atomic E-state index is 0.128. The van der Waals surface area contributed by atoms with E-state index in [2.05, 4.69) is 15.9 Å². The molecule has 4 bridgehead atoms. The van der Waals surface area contributed by atoms with Gasteiger partial charge in [-0.3, -0.25) is 9.59 Å². The zero-order chi connectivity index (χ0) is 11.4. The first kappa shape index (κ1) is 10.6. The van der Waals surface area contributed by atoms with Crippen LogP contribution in [-0.4, -0.2) is 29.5 Å². The van der Waals surface area contributed by atoms with Crippen molar-refractivity contribution < 1.29 is 19.1 Å². The van der Waals surface area contributed by atoms with Gasteiger partial charge >= 0.3 is 11.9 Å². The molecular weight excluding hydrogens is 276 g/mol. The van der Waals surface area contributed by atoms with Crippen LogP contribution in [0.25, 0.3) is 0 Å². The molecule has 4 fully saturated rings. The van der Waals surface area contributed by atoms with Crippen molar-refractivity contribution in [2.45, 2.75) is 24.3 Å². The molecule has 2 aliphatic carbocycles. The number of halogens is 1. The number of carbonyl (C=O) groups is 2. The second-order valence-corrected chi connectivity index (χ2v) is 5.77. The van der Waals surface area contributed by atoms with E-state index in [1.54, 1.807) is 6.92 Å². The van der Waals surface area contributed by atoms with Gasteiger partial charge in [-0.15, -0.1) is 0 Å². The summed E-state index contributed by atoms with van der Waals surface area (Å²) >= 11 is 3.57. The van der Waals surface area contributed by atoms with E-state index in [0.29, 0.717) is 6.61 Å². The lowest BCUT2D eigenvalue weighted by Gasteiger charge is -2.41. The molecule has 0 aromatic carbocycles. The first-order valence-electron chi connectivity index (χ1n) is 5.66. The Morgan fingerprint density at radius 2 is 2.31 bits per heavy atom. The number of hydrogen-bond acceptors (Lipinski definition) is 4. The summed E-state index contributed by atoms with van der Waals surface area (Å²) in [7, 11) is 0. The van der Waals surface area contributed by atoms with Gasteiger partial charge in [0.25, 0.3) is 0 Å². The summed E-state index contributed by atoms with van der Waals surface area (Å²) in [5, 5.41) is 0. The van der Waals surface area contributed by atoms with Crippen molar-refractivity contribution in [1.29, 1.82) is 0 Å². The quantitative estimate of drug-likeness (QED) is 0.564. The van der Waals surface area contributed by atoms with Gasteiger partial charge in [0.1, 0.15) is 6.10 Å². The lowest BCUT2D eigenvalue weighted by Crippen LogP contribution is -2.54. The van der Waals surface area contributed by atoms with Gasteiger partial charge in [0.15, 0.2) is 0 Å². The van der Waals surface area contributed by atoms with Gasteiger partial charge in [-0.2, -0.15) is 0 Å². The fourth-order valence-electron chi connectivity index (χ4n) is 3.53. The molecule has 0 N–H and O–H groups in total. The van der Waals surface area contributed by atoms with Crippen LogP contribution in [0.15, 0.2) is 0 Å². The summed E-state index contributed by atoms with van der Waals surface area (Å²) < 4.78 is 10.4. The third-order valence-electron chi connectivity index (χ3n) is 4.08. The largest absolute Gasteiger partial charge is 0.466 e. The zero-order valence-electron chi connectivity index (χ0n) is 8.89. The smallest absolute Gasteiger partial charge is 0.310 e. The fourth-order valence-corrected chi connectivity index (χ4v) is 4.58. The number of esters is 2. The monoisotopic (exact) mass is 288 g/mol. The molecule has 2 saturated carbocycles. The molecule has 4 rings (SSSR count). The van der Waals surface area contributed by atoms with Gasteiger partial charge in [0.05, 0.1) is 23.3 Å². The summed E-state index contributed by atoms with van der Waals surface area (Å²) in [6.45, 7) is 2.16. The van der Waals surface area contributed by atoms with Crippen LogP contribution in [0.2, 0.25) is 0 Å². The van der Waals surface area contributed by atoms with Gasteiger partial charge in [-0.05, 0) is 19.3 Å². The van der Waals surface area contributed by atoms with Gasteiger partial charge < -0.3 is 9.47 Å². The predicted molar refractivity (Wildman–Crippen MR) is 57.8 cm³/mol. The van der Waals surface area contributed by atoms with E-state index in [0.717, 1.165) is 6.42 Å². The summed E-state index contributed by atoms with van der Waals surface area (Å²) in [5.74, 6) is -0.552. The van der Waals surface area contributed by atoms with Crippen LogP contribution in [0.3, 0.4) is 0 Å². The molecule has 4 aliphatic rings. The molecule has 88 valence electrons. The Bertz CT molecular complexity index is 354. The number of ether oxygens (including phenoxy) is 2. The number of rotatable bonds is 2. The molecule has 2 saturated heterocycles. The van der Waals surface area contributed by atoms with Crippen LogP contribution < -0.4 is 0 Å². The van der Waals surface area contributed by atoms with Gasteiger partial charge in [-0.1, -0.05) is 15.9 Å². The molecule has 0 radical (unpaired) electrons. The number of fused-ring (bicyclic) bond motifs is 1. The fraction of sp³-hybridized carbons (Fsp3) is 0.818. The van der Waals surface area contributed by atoms with Crippen molar-refractivity contribution in [1.82, 2.24) is 0 Å². The normalized spacial score (nSPS) is 48.2. The van der Waals surface area contributed by atoms with E-state index < -0.39 is 0 Å². The van der Waals surface area contributed by atoms with Gasteiger partial charge in [-0.25, -0.2) is 0 Å². The molecule has 4 nitrogen and oxygen atoms in total. The molecule has 16 heavy (non-hydrogen) atoms. The molecule has 0 unspecified atom stereocenters. The molecule has 0 aromatic heterocycles. The van der Waals surface area contributed by atoms with Crippen molar-refractivity contribution in [2.75, 3.05) is 6.61 Å². The molecule has 0 amide bonds. The topological polar surface area (TPSA) is 52.6 Å². The van der Waals surface area contributed by atoms with E-state index in [1.165, 1.54) is 0 Å². The second-order valence-electron chi connectivity index (χ2n) is 4.71. The van der Waals surface area contributed by atoms with Crippen molar-refractivity contribution in [3.8, 4) is 0 Å². The highest BCUT2D eigenvalue weighted by Crippen LogP contribution is 2.60. The summed E-state index contributed by atoms with van der Waals surface area (Å²) in [6.07, 6.45) is 0.775. The first-order chi connectivity index (χ1) is 7.65. The Balaban J connectivity index is 1.89. The van der Waals surface area contributed by atoms with Crippen LogP contribution in [-0.2, 0) is 19.1 Å². The summed E-state index contributed by atoms with van der Waals surface area (Å²) in [6, 6.07) is 0. The predicted octanol–water partition coefficient (Wildman–Crippen LogP) is 1.12. The third kappa shape index (κ3) is 1.15. The molecule has 0 aromatic rings. The molecule has 0 spiro atoms. The maximum atomic E-state index is 11.8. The van der Waals surface area contributed by atoms with E-state index >= 15 is 0 Å². The molecule has 5 heteroatoms. The molecular formula is C11H13BrO4. The van der Waals surface area contributed by atoms with E-state index in [9.17, 15) is 9.59 Å². The van der Waals surface area contributed by atoms with Crippen molar-refractivity contribution in [2.24, 2.45) is 23.7 Å². The van der Waals surface area contributed by atoms with E-state index in [1.807, 2.05) is 0 Å². The maximum absolute atomic E-state index is 11.8. The highest BCUT2D eigenvalue weighted by atomic mass is 79.9. The minimum atomic E-state index is -0.279. The third-order valence-corrected chi connectivity index (χ3v) is 5.28. The van der Waals surface area contributed by atoms with Crippen LogP contribution in [0, 0.1) is 23.7 Å². The van der Waals surface area contributed by atoms with E-state index in [-0.39, 0.29) is 46.5 Å². The lowest BCUT2D eigenvalue weighted by molar-refractivity contribution is -0.184. The lowest BCUT2D eigenvalue weighted by atomic mass is 9.75. The standard InChI is InChI=1S/C11H13BrO4/c1-2-15-10(13)7-5-3-4-6(7)11(14)16-9(5)8(4)12/h4-9H,2-3H2,1H3/t4-,5+,6-,7+,8-,9-/m0/s1. The average molecular weight is 289 g/mol. The Hall–Kier alpha value is -0.580. The minimum Gasteiger partial charge on any atom is -0.466 e. The molecule has 2 heterocycles. The highest BCUT2D eigenvalue weighted by molar-refractivity contribution is 9.09. The second kappa shape index (κ2) is 3.45. The number of hydrogen-bond donors (Lipinski definition) is 0. The summed E-state index contributed by atoms with van der Waals surface area (Å²) in [4.78, 5) is 23.8. The van der Waals surface area contributed by atoms with Crippen molar-refractivity contribution in [3.05, 3.63) is 0 Å². The highest BCUT2D eigenvalue weighted by Gasteiger charge is 2.68. The van der Waals surface area contributed by atoms with Crippen molar-refractivity contribution in [3.63, 3.8) is 0 Å². The van der Waals surface area contributed by atoms with E-state index in [4.69, 9.17) is 9.47 Å². The first-order valence-corrected chi connectivity index (χ1v) is 6.58. The van der Waals surface area contributed by atoms with Crippen LogP contribution in [0.1, 0.15) is 13.3 Å². The zero-order valence-corrected chi connectivity index (χ0v) is 10.5. The Morgan fingerprint density at radius 1 is 1.56 bits per heavy atom. The number of alkyl halides is 1. The van der Waals surface area contributed by atoms with Crippen LogP contribution >= 0.6 is 15.9 Å². The van der Waals surface area contributed by atoms with Crippen LogP contribution in [0.5, 0.6) is 0 Å². The molecule has 2 aliphatic heterocycles. The van der Waals surface area contributed by atoms with Gasteiger partial charge in [0.2, 0.25) is 0 Å². The van der Waals surface area contributed by atoms with Gasteiger partial charge in [0, 0.05) is 5.92 Å². The Morgan fingerprint density at radius 3 is 2.94 bits per heavy atom. The van der Waals surface area contributed by atoms with Crippen LogP contribution in [0.4, 0.5) is 0 Å². The summed E-state index contributed by atoms with van der Waals surface area (Å²) in [5.41, 5.74) is 0. The Kier molecular flexibility index (Phi) is 2.28. The average Bonchev–Trinajstić information content (AvgIpc) is 2.71. The molecule has 6 atom stereocenters. The number of carbonyl (C=O) groups excluding carboxylic acids is 2.